The quantitative estimate of drug-likeness (QED) is 0.577. The molecular formula is C13H27NO. The van der Waals surface area contributed by atoms with E-state index in [9.17, 15) is 0 Å². The fourth-order valence-electron chi connectivity index (χ4n) is 2.31. The zero-order chi connectivity index (χ0) is 10.9. The molecule has 0 spiro atoms. The molecule has 1 aliphatic carbocycles. The molecule has 90 valence electrons. The van der Waals surface area contributed by atoms with Gasteiger partial charge in [-0.15, -0.1) is 0 Å². The molecule has 0 aromatic rings. The van der Waals surface area contributed by atoms with Crippen molar-refractivity contribution in [2.75, 3.05) is 19.7 Å². The minimum absolute atomic E-state index is 0.335. The molecule has 1 saturated carbocycles. The van der Waals surface area contributed by atoms with Crippen LogP contribution in [0.1, 0.15) is 51.9 Å². The molecule has 2 heteroatoms. The van der Waals surface area contributed by atoms with Gasteiger partial charge in [0.05, 0.1) is 0 Å². The van der Waals surface area contributed by atoms with Crippen LogP contribution in [0.4, 0.5) is 0 Å². The van der Waals surface area contributed by atoms with Crippen LogP contribution in [0.2, 0.25) is 0 Å². The van der Waals surface area contributed by atoms with Crippen molar-refractivity contribution in [2.45, 2.75) is 51.9 Å². The highest BCUT2D eigenvalue weighted by Crippen LogP contribution is 2.36. The lowest BCUT2D eigenvalue weighted by atomic mass is 9.72. The second-order valence-electron chi connectivity index (χ2n) is 4.99. The van der Waals surface area contributed by atoms with Crippen molar-refractivity contribution in [1.29, 1.82) is 0 Å². The Kier molecular flexibility index (Phi) is 7.03. The first kappa shape index (κ1) is 13.0. The number of hydrogen-bond donors (Lipinski definition) is 2. The third-order valence-electron chi connectivity index (χ3n) is 3.74. The second-order valence-corrected chi connectivity index (χ2v) is 4.99. The van der Waals surface area contributed by atoms with Crippen LogP contribution in [0.25, 0.3) is 0 Å². The van der Waals surface area contributed by atoms with E-state index in [1.807, 2.05) is 0 Å². The molecule has 0 amide bonds. The predicted octanol–water partition coefficient (Wildman–Crippen LogP) is 2.56. The van der Waals surface area contributed by atoms with Crippen molar-refractivity contribution in [3.63, 3.8) is 0 Å². The van der Waals surface area contributed by atoms with E-state index in [1.165, 1.54) is 32.1 Å². The maximum atomic E-state index is 8.60. The topological polar surface area (TPSA) is 32.3 Å². The summed E-state index contributed by atoms with van der Waals surface area (Å²) in [5.74, 6) is 2.04. The summed E-state index contributed by atoms with van der Waals surface area (Å²) in [5, 5.41) is 12.0. The smallest absolute Gasteiger partial charge is 0.0431 e. The van der Waals surface area contributed by atoms with Crippen LogP contribution < -0.4 is 5.32 Å². The molecule has 2 unspecified atom stereocenters. The molecule has 0 saturated heterocycles. The summed E-state index contributed by atoms with van der Waals surface area (Å²) in [7, 11) is 0. The summed E-state index contributed by atoms with van der Waals surface area (Å²) >= 11 is 0. The van der Waals surface area contributed by atoms with Crippen molar-refractivity contribution < 1.29 is 5.11 Å². The predicted molar refractivity (Wildman–Crippen MR) is 64.9 cm³/mol. The first-order valence-electron chi connectivity index (χ1n) is 6.66. The Hall–Kier alpha value is -0.0800. The highest BCUT2D eigenvalue weighted by Gasteiger charge is 2.25. The molecule has 15 heavy (non-hydrogen) atoms. The van der Waals surface area contributed by atoms with E-state index in [0.717, 1.165) is 37.8 Å². The molecule has 0 aromatic heterocycles. The van der Waals surface area contributed by atoms with Gasteiger partial charge < -0.3 is 10.4 Å². The van der Waals surface area contributed by atoms with Gasteiger partial charge in [0, 0.05) is 6.61 Å². The number of hydrogen-bond acceptors (Lipinski definition) is 2. The van der Waals surface area contributed by atoms with Gasteiger partial charge in [0.1, 0.15) is 0 Å². The average Bonchev–Trinajstić information content (AvgIpc) is 2.25. The Morgan fingerprint density at radius 2 is 1.80 bits per heavy atom. The van der Waals surface area contributed by atoms with E-state index in [4.69, 9.17) is 5.11 Å². The lowest BCUT2D eigenvalue weighted by molar-refractivity contribution is 0.179. The third kappa shape index (κ3) is 5.53. The highest BCUT2D eigenvalue weighted by atomic mass is 16.2. The number of nitrogens with one attached hydrogen (secondary N) is 1. The van der Waals surface area contributed by atoms with Crippen molar-refractivity contribution in [2.24, 2.45) is 11.8 Å². The molecule has 0 aromatic carbocycles. The minimum Gasteiger partial charge on any atom is -0.396 e. The summed E-state index contributed by atoms with van der Waals surface area (Å²) in [6.45, 7) is 4.95. The maximum Gasteiger partial charge on any atom is 0.0431 e. The molecular weight excluding hydrogens is 186 g/mol. The zero-order valence-corrected chi connectivity index (χ0v) is 10.2. The Balaban J connectivity index is 1.73. The number of rotatable bonds is 9. The van der Waals surface area contributed by atoms with E-state index < -0.39 is 0 Å². The molecule has 2 atom stereocenters. The van der Waals surface area contributed by atoms with E-state index in [1.54, 1.807) is 0 Å². The van der Waals surface area contributed by atoms with E-state index in [-0.39, 0.29) is 0 Å². The van der Waals surface area contributed by atoms with Crippen LogP contribution in [0, 0.1) is 11.8 Å². The van der Waals surface area contributed by atoms with Gasteiger partial charge in [-0.2, -0.15) is 0 Å². The number of aliphatic hydroxyl groups excluding tert-OH is 1. The summed E-state index contributed by atoms with van der Waals surface area (Å²) in [4.78, 5) is 0. The SMILES string of the molecule is CC1CCC1CCCCNCCCCO. The number of aliphatic hydroxyl groups is 1. The Bertz CT molecular complexity index is 149. The van der Waals surface area contributed by atoms with E-state index in [0.29, 0.717) is 6.61 Å². The van der Waals surface area contributed by atoms with Crippen molar-refractivity contribution in [1.82, 2.24) is 5.32 Å². The van der Waals surface area contributed by atoms with Crippen LogP contribution in [0.15, 0.2) is 0 Å². The zero-order valence-electron chi connectivity index (χ0n) is 10.2. The molecule has 1 rings (SSSR count). The maximum absolute atomic E-state index is 8.60. The Morgan fingerprint density at radius 1 is 1.07 bits per heavy atom. The van der Waals surface area contributed by atoms with Crippen LogP contribution in [0.5, 0.6) is 0 Å². The standard InChI is InChI=1S/C13H27NO/c1-12-7-8-13(12)6-2-3-9-14-10-4-5-11-15/h12-15H,2-11H2,1H3. The minimum atomic E-state index is 0.335. The van der Waals surface area contributed by atoms with Crippen molar-refractivity contribution >= 4 is 0 Å². The van der Waals surface area contributed by atoms with Gasteiger partial charge in [0.15, 0.2) is 0 Å². The molecule has 0 bridgehead atoms. The summed E-state index contributed by atoms with van der Waals surface area (Å²) in [6.07, 6.45) is 9.14. The summed E-state index contributed by atoms with van der Waals surface area (Å²) < 4.78 is 0. The van der Waals surface area contributed by atoms with Gasteiger partial charge >= 0.3 is 0 Å². The largest absolute Gasteiger partial charge is 0.396 e. The lowest BCUT2D eigenvalue weighted by Crippen LogP contribution is -2.23. The monoisotopic (exact) mass is 213 g/mol. The van der Waals surface area contributed by atoms with Crippen LogP contribution in [-0.2, 0) is 0 Å². The molecule has 2 N–H and O–H groups in total. The fourth-order valence-corrected chi connectivity index (χ4v) is 2.31. The number of unbranched alkanes of at least 4 members (excludes halogenated alkanes) is 2. The molecule has 0 radical (unpaired) electrons. The molecule has 0 heterocycles. The van der Waals surface area contributed by atoms with E-state index in [2.05, 4.69) is 12.2 Å². The van der Waals surface area contributed by atoms with Gasteiger partial charge in [-0.1, -0.05) is 26.2 Å². The van der Waals surface area contributed by atoms with Crippen LogP contribution in [0.3, 0.4) is 0 Å². The van der Waals surface area contributed by atoms with Crippen LogP contribution >= 0.6 is 0 Å². The van der Waals surface area contributed by atoms with Gasteiger partial charge in [0.25, 0.3) is 0 Å². The van der Waals surface area contributed by atoms with Crippen molar-refractivity contribution in [3.8, 4) is 0 Å². The van der Waals surface area contributed by atoms with Gasteiger partial charge in [-0.3, -0.25) is 0 Å². The Labute approximate surface area is 94.5 Å². The molecule has 1 fully saturated rings. The lowest BCUT2D eigenvalue weighted by Gasteiger charge is -2.33. The average molecular weight is 213 g/mol. The highest BCUT2D eigenvalue weighted by molar-refractivity contribution is 4.76. The molecule has 2 nitrogen and oxygen atoms in total. The van der Waals surface area contributed by atoms with Gasteiger partial charge in [-0.05, 0) is 50.6 Å². The first-order chi connectivity index (χ1) is 7.34. The molecule has 1 aliphatic rings. The fraction of sp³-hybridized carbons (Fsp3) is 1.00. The second kappa shape index (κ2) is 8.12. The Morgan fingerprint density at radius 3 is 2.33 bits per heavy atom. The van der Waals surface area contributed by atoms with Gasteiger partial charge in [0.2, 0.25) is 0 Å². The summed E-state index contributed by atoms with van der Waals surface area (Å²) in [5.41, 5.74) is 0. The van der Waals surface area contributed by atoms with Crippen LogP contribution in [-0.4, -0.2) is 24.8 Å². The van der Waals surface area contributed by atoms with Gasteiger partial charge in [-0.25, -0.2) is 0 Å². The molecule has 0 aliphatic heterocycles. The van der Waals surface area contributed by atoms with Crippen molar-refractivity contribution in [3.05, 3.63) is 0 Å². The summed E-state index contributed by atoms with van der Waals surface area (Å²) in [6, 6.07) is 0. The third-order valence-corrected chi connectivity index (χ3v) is 3.74. The first-order valence-corrected chi connectivity index (χ1v) is 6.66. The normalized spacial score (nSPS) is 25.2. The van der Waals surface area contributed by atoms with E-state index >= 15 is 0 Å².